The van der Waals surface area contributed by atoms with Crippen LogP contribution in [0.1, 0.15) is 24.3 Å². The van der Waals surface area contributed by atoms with Crippen molar-refractivity contribution in [3.63, 3.8) is 0 Å². The van der Waals surface area contributed by atoms with Crippen molar-refractivity contribution >= 4 is 21.7 Å². The highest BCUT2D eigenvalue weighted by Crippen LogP contribution is 2.47. The van der Waals surface area contributed by atoms with Gasteiger partial charge in [-0.1, -0.05) is 0 Å². The monoisotopic (exact) mass is 357 g/mol. The number of hydrogen-bond acceptors (Lipinski definition) is 6. The van der Waals surface area contributed by atoms with Crippen molar-refractivity contribution in [3.05, 3.63) is 23.8 Å². The molecule has 0 radical (unpaired) electrons. The minimum absolute atomic E-state index is 0.156. The molecule has 1 saturated heterocycles. The van der Waals surface area contributed by atoms with E-state index in [4.69, 9.17) is 14.6 Å². The first-order chi connectivity index (χ1) is 11.3. The first kappa shape index (κ1) is 17.0. The molecular formula is C15H19NO7S. The smallest absolute Gasteiger partial charge is 0.305 e. The molecule has 0 amide bonds. The molecule has 1 aromatic carbocycles. The number of rotatable bonds is 5. The number of nitrogens with one attached hydrogen (secondary N) is 1. The first-order valence-electron chi connectivity index (χ1n) is 7.53. The highest BCUT2D eigenvalue weighted by Gasteiger charge is 2.46. The van der Waals surface area contributed by atoms with E-state index in [9.17, 15) is 18.3 Å². The number of ether oxygens (including phenoxy) is 2. The standard InChI is InChI=1S/C15H19NO7S/c1-24(20,21)16-8-2-3-12-10(4-8)11-5-9(6-14(18)19)22-13(7-17)15(11)23-12/h2-4,9,11,13,15-17H,5-7H2,1H3,(H,18,19)/t9-,11-,13+,15+/m1/s1. The Bertz CT molecular complexity index is 748. The number of aliphatic hydroxyl groups excluding tert-OH is 1. The average Bonchev–Trinajstić information content (AvgIpc) is 2.82. The van der Waals surface area contributed by atoms with Gasteiger partial charge in [0, 0.05) is 17.2 Å². The van der Waals surface area contributed by atoms with Crippen LogP contribution in [0.5, 0.6) is 5.75 Å². The van der Waals surface area contributed by atoms with Crippen LogP contribution in [0.25, 0.3) is 0 Å². The molecule has 2 aliphatic rings. The Morgan fingerprint density at radius 2 is 2.17 bits per heavy atom. The van der Waals surface area contributed by atoms with Gasteiger partial charge in [0.05, 0.1) is 25.4 Å². The van der Waals surface area contributed by atoms with Gasteiger partial charge < -0.3 is 19.7 Å². The molecule has 132 valence electrons. The molecule has 2 aliphatic heterocycles. The Labute approximate surface area is 139 Å². The van der Waals surface area contributed by atoms with Crippen molar-refractivity contribution in [2.75, 3.05) is 17.6 Å². The molecule has 0 unspecified atom stereocenters. The zero-order valence-corrected chi connectivity index (χ0v) is 13.8. The lowest BCUT2D eigenvalue weighted by atomic mass is 9.84. The van der Waals surface area contributed by atoms with Gasteiger partial charge in [-0.25, -0.2) is 8.42 Å². The Balaban J connectivity index is 1.89. The summed E-state index contributed by atoms with van der Waals surface area (Å²) < 4.78 is 36.7. The third-order valence-electron chi connectivity index (χ3n) is 4.20. The Morgan fingerprint density at radius 1 is 1.42 bits per heavy atom. The number of carbonyl (C=O) groups is 1. The number of sulfonamides is 1. The maximum Gasteiger partial charge on any atom is 0.305 e. The fourth-order valence-corrected chi connectivity index (χ4v) is 3.92. The molecule has 9 heteroatoms. The summed E-state index contributed by atoms with van der Waals surface area (Å²) in [5.74, 6) is -0.527. The number of benzene rings is 1. The van der Waals surface area contributed by atoms with Crippen molar-refractivity contribution in [2.45, 2.75) is 37.1 Å². The van der Waals surface area contributed by atoms with E-state index in [1.165, 1.54) is 0 Å². The van der Waals surface area contributed by atoms with Gasteiger partial charge in [0.25, 0.3) is 0 Å². The van der Waals surface area contributed by atoms with Crippen molar-refractivity contribution < 1.29 is 32.9 Å². The third kappa shape index (κ3) is 3.47. The van der Waals surface area contributed by atoms with E-state index in [2.05, 4.69) is 4.72 Å². The molecule has 0 saturated carbocycles. The van der Waals surface area contributed by atoms with Gasteiger partial charge in [-0.3, -0.25) is 9.52 Å². The summed E-state index contributed by atoms with van der Waals surface area (Å²) in [6.45, 7) is -0.278. The van der Waals surface area contributed by atoms with Crippen LogP contribution in [-0.2, 0) is 19.6 Å². The highest BCUT2D eigenvalue weighted by molar-refractivity contribution is 7.92. The summed E-state index contributed by atoms with van der Waals surface area (Å²) in [6.07, 6.45) is -0.213. The van der Waals surface area contributed by atoms with Gasteiger partial charge in [-0.15, -0.1) is 0 Å². The van der Waals surface area contributed by atoms with Crippen LogP contribution in [0.15, 0.2) is 18.2 Å². The van der Waals surface area contributed by atoms with E-state index >= 15 is 0 Å². The SMILES string of the molecule is CS(=O)(=O)Nc1ccc2c(c1)[C@H]1C[C@H](CC(=O)O)O[C@@H](CO)[C@H]1O2. The largest absolute Gasteiger partial charge is 0.487 e. The molecule has 2 heterocycles. The van der Waals surface area contributed by atoms with E-state index in [0.29, 0.717) is 17.9 Å². The predicted octanol–water partition coefficient (Wildman–Crippen LogP) is 0.527. The van der Waals surface area contributed by atoms with Gasteiger partial charge in [-0.2, -0.15) is 0 Å². The molecule has 0 bridgehead atoms. The average molecular weight is 357 g/mol. The Kier molecular flexibility index (Phi) is 4.41. The first-order valence-corrected chi connectivity index (χ1v) is 9.42. The van der Waals surface area contributed by atoms with Crippen molar-refractivity contribution in [2.24, 2.45) is 0 Å². The van der Waals surface area contributed by atoms with Crippen LogP contribution in [0, 0.1) is 0 Å². The summed E-state index contributed by atoms with van der Waals surface area (Å²) in [7, 11) is -3.40. The van der Waals surface area contributed by atoms with Crippen LogP contribution in [-0.4, -0.2) is 55.8 Å². The number of carboxylic acids is 1. The van der Waals surface area contributed by atoms with E-state index in [0.717, 1.165) is 11.8 Å². The fourth-order valence-electron chi connectivity index (χ4n) is 3.36. The lowest BCUT2D eigenvalue weighted by molar-refractivity contribution is -0.153. The highest BCUT2D eigenvalue weighted by atomic mass is 32.2. The number of fused-ring (bicyclic) bond motifs is 3. The zero-order chi connectivity index (χ0) is 17.5. The molecule has 8 nitrogen and oxygen atoms in total. The molecule has 1 fully saturated rings. The second kappa shape index (κ2) is 6.23. The molecule has 0 aromatic heterocycles. The number of anilines is 1. The van der Waals surface area contributed by atoms with Gasteiger partial charge in [0.2, 0.25) is 10.0 Å². The maximum absolute atomic E-state index is 11.4. The molecule has 24 heavy (non-hydrogen) atoms. The fraction of sp³-hybridized carbons (Fsp3) is 0.533. The molecule has 3 N–H and O–H groups in total. The normalized spacial score (nSPS) is 28.6. The minimum Gasteiger partial charge on any atom is -0.487 e. The van der Waals surface area contributed by atoms with Crippen LogP contribution in [0.4, 0.5) is 5.69 Å². The van der Waals surface area contributed by atoms with Crippen molar-refractivity contribution in [1.82, 2.24) is 0 Å². The zero-order valence-electron chi connectivity index (χ0n) is 13.0. The second-order valence-corrected chi connectivity index (χ2v) is 7.88. The minimum atomic E-state index is -3.40. The number of aliphatic hydroxyl groups is 1. The van der Waals surface area contributed by atoms with Gasteiger partial charge >= 0.3 is 5.97 Å². The lowest BCUT2D eigenvalue weighted by Gasteiger charge is -2.36. The van der Waals surface area contributed by atoms with Crippen LogP contribution in [0.2, 0.25) is 0 Å². The quantitative estimate of drug-likeness (QED) is 0.702. The Hall–Kier alpha value is -1.84. The van der Waals surface area contributed by atoms with E-state index < -0.39 is 34.3 Å². The number of hydrogen-bond donors (Lipinski definition) is 3. The molecule has 4 atom stereocenters. The summed E-state index contributed by atoms with van der Waals surface area (Å²) in [5, 5.41) is 18.5. The van der Waals surface area contributed by atoms with Crippen LogP contribution >= 0.6 is 0 Å². The second-order valence-electron chi connectivity index (χ2n) is 6.13. The summed E-state index contributed by atoms with van der Waals surface area (Å²) in [5.41, 5.74) is 1.22. The number of carboxylic acid groups (broad SMARTS) is 1. The molecule has 0 aliphatic carbocycles. The van der Waals surface area contributed by atoms with Gasteiger partial charge in [-0.05, 0) is 24.6 Å². The third-order valence-corrected chi connectivity index (χ3v) is 4.81. The molecule has 0 spiro atoms. The van der Waals surface area contributed by atoms with E-state index in [-0.39, 0.29) is 18.9 Å². The summed E-state index contributed by atoms with van der Waals surface area (Å²) >= 11 is 0. The van der Waals surface area contributed by atoms with Crippen LogP contribution < -0.4 is 9.46 Å². The lowest BCUT2D eigenvalue weighted by Crippen LogP contribution is -2.46. The van der Waals surface area contributed by atoms with E-state index in [1.807, 2.05) is 0 Å². The van der Waals surface area contributed by atoms with Gasteiger partial charge in [0.1, 0.15) is 18.0 Å². The van der Waals surface area contributed by atoms with Crippen LogP contribution in [0.3, 0.4) is 0 Å². The molecular weight excluding hydrogens is 338 g/mol. The molecule has 1 aromatic rings. The topological polar surface area (TPSA) is 122 Å². The van der Waals surface area contributed by atoms with Crippen molar-refractivity contribution in [3.8, 4) is 5.75 Å². The predicted molar refractivity (Wildman–Crippen MR) is 84.7 cm³/mol. The molecule has 3 rings (SSSR count). The van der Waals surface area contributed by atoms with Gasteiger partial charge in [0.15, 0.2) is 0 Å². The van der Waals surface area contributed by atoms with Crippen molar-refractivity contribution in [1.29, 1.82) is 0 Å². The maximum atomic E-state index is 11.4. The summed E-state index contributed by atoms with van der Waals surface area (Å²) in [4.78, 5) is 11.0. The summed E-state index contributed by atoms with van der Waals surface area (Å²) in [6, 6.07) is 4.96. The number of aliphatic carboxylic acids is 1. The van der Waals surface area contributed by atoms with E-state index in [1.54, 1.807) is 18.2 Å². The Morgan fingerprint density at radius 3 is 2.79 bits per heavy atom.